The summed E-state index contributed by atoms with van der Waals surface area (Å²) in [5.41, 5.74) is 2.06. The van der Waals surface area contributed by atoms with Crippen molar-refractivity contribution in [3.8, 4) is 0 Å². The summed E-state index contributed by atoms with van der Waals surface area (Å²) in [5, 5.41) is 10.2. The fourth-order valence-corrected chi connectivity index (χ4v) is 3.54. The number of hydrogen-bond acceptors (Lipinski definition) is 2. The van der Waals surface area contributed by atoms with Gasteiger partial charge in [0.15, 0.2) is 0 Å². The lowest BCUT2D eigenvalue weighted by Crippen LogP contribution is -2.49. The number of hydrogen-bond donors (Lipinski definition) is 1. The van der Waals surface area contributed by atoms with E-state index in [1.165, 1.54) is 4.90 Å². The van der Waals surface area contributed by atoms with Crippen LogP contribution in [-0.4, -0.2) is 47.2 Å². The van der Waals surface area contributed by atoms with Crippen LogP contribution in [-0.2, 0) is 0 Å². The number of piperazine rings is 1. The molecule has 2 aromatic rings. The Bertz CT molecular complexity index is 716. The van der Waals surface area contributed by atoms with Crippen LogP contribution in [0.1, 0.15) is 17.2 Å². The quantitative estimate of drug-likeness (QED) is 0.878. The molecule has 4 nitrogen and oxygen atoms in total. The fourth-order valence-electron chi connectivity index (χ4n) is 3.13. The van der Waals surface area contributed by atoms with Crippen LogP contribution in [0, 0.1) is 0 Å². The van der Waals surface area contributed by atoms with E-state index in [9.17, 15) is 4.79 Å². The zero-order valence-electron chi connectivity index (χ0n) is 13.0. The van der Waals surface area contributed by atoms with Crippen LogP contribution in [0.5, 0.6) is 0 Å². The minimum absolute atomic E-state index is 0.0478. The molecule has 0 radical (unpaired) electrons. The molecule has 0 bridgehead atoms. The van der Waals surface area contributed by atoms with Crippen molar-refractivity contribution in [2.75, 3.05) is 26.2 Å². The number of carboxylic acid groups (broad SMARTS) is 1. The van der Waals surface area contributed by atoms with Crippen molar-refractivity contribution in [2.45, 2.75) is 6.04 Å². The van der Waals surface area contributed by atoms with Gasteiger partial charge in [0.1, 0.15) is 0 Å². The predicted octanol–water partition coefficient (Wildman–Crippen LogP) is 4.38. The number of benzene rings is 2. The summed E-state index contributed by atoms with van der Waals surface area (Å²) in [6.45, 7) is 2.26. The third-order valence-electron chi connectivity index (χ3n) is 4.34. The van der Waals surface area contributed by atoms with Crippen LogP contribution in [0.25, 0.3) is 0 Å². The highest BCUT2D eigenvalue weighted by Gasteiger charge is 2.29. The van der Waals surface area contributed by atoms with Gasteiger partial charge in [0.25, 0.3) is 0 Å². The molecule has 1 amide bonds. The maximum atomic E-state index is 11.1. The van der Waals surface area contributed by atoms with E-state index in [1.807, 2.05) is 30.3 Å². The van der Waals surface area contributed by atoms with E-state index in [4.69, 9.17) is 28.3 Å². The molecule has 0 saturated carbocycles. The van der Waals surface area contributed by atoms with Crippen molar-refractivity contribution in [3.63, 3.8) is 0 Å². The summed E-state index contributed by atoms with van der Waals surface area (Å²) in [7, 11) is 0. The first-order chi connectivity index (χ1) is 11.6. The summed E-state index contributed by atoms with van der Waals surface area (Å²) in [4.78, 5) is 14.8. The van der Waals surface area contributed by atoms with E-state index in [1.54, 1.807) is 6.07 Å². The predicted molar refractivity (Wildman–Crippen MR) is 95.9 cm³/mol. The van der Waals surface area contributed by atoms with Gasteiger partial charge in [-0.1, -0.05) is 65.7 Å². The fraction of sp³-hybridized carbons (Fsp3) is 0.278. The van der Waals surface area contributed by atoms with Crippen LogP contribution < -0.4 is 0 Å². The van der Waals surface area contributed by atoms with E-state index in [0.717, 1.165) is 11.1 Å². The average Bonchev–Trinajstić information content (AvgIpc) is 2.60. The number of amides is 1. The van der Waals surface area contributed by atoms with E-state index >= 15 is 0 Å². The SMILES string of the molecule is O=C(O)N1CCN(C(c2ccccc2)c2cccc(Cl)c2Cl)CC1. The molecule has 126 valence electrons. The summed E-state index contributed by atoms with van der Waals surface area (Å²) in [5.74, 6) is 0. The maximum absolute atomic E-state index is 11.1. The Morgan fingerprint density at radius 3 is 2.25 bits per heavy atom. The molecule has 2 aromatic carbocycles. The highest BCUT2D eigenvalue weighted by atomic mass is 35.5. The Morgan fingerprint density at radius 2 is 1.62 bits per heavy atom. The minimum atomic E-state index is -0.869. The van der Waals surface area contributed by atoms with Gasteiger partial charge in [0, 0.05) is 26.2 Å². The zero-order chi connectivity index (χ0) is 17.1. The molecule has 1 N–H and O–H groups in total. The number of nitrogens with zero attached hydrogens (tertiary/aromatic N) is 2. The third-order valence-corrected chi connectivity index (χ3v) is 5.17. The van der Waals surface area contributed by atoms with Crippen LogP contribution >= 0.6 is 23.2 Å². The highest BCUT2D eigenvalue weighted by Crippen LogP contribution is 2.37. The summed E-state index contributed by atoms with van der Waals surface area (Å²) in [6.07, 6.45) is -0.869. The number of halogens is 2. The highest BCUT2D eigenvalue weighted by molar-refractivity contribution is 6.42. The zero-order valence-corrected chi connectivity index (χ0v) is 14.5. The Labute approximate surface area is 151 Å². The molecule has 1 saturated heterocycles. The van der Waals surface area contributed by atoms with Crippen LogP contribution in [0.3, 0.4) is 0 Å². The van der Waals surface area contributed by atoms with Gasteiger partial charge in [-0.15, -0.1) is 0 Å². The van der Waals surface area contributed by atoms with Crippen molar-refractivity contribution in [3.05, 3.63) is 69.7 Å². The molecule has 1 heterocycles. The second-order valence-corrected chi connectivity index (χ2v) is 6.55. The van der Waals surface area contributed by atoms with Crippen molar-refractivity contribution < 1.29 is 9.90 Å². The Morgan fingerprint density at radius 1 is 0.958 bits per heavy atom. The van der Waals surface area contributed by atoms with Gasteiger partial charge in [-0.3, -0.25) is 4.90 Å². The number of rotatable bonds is 3. The number of carbonyl (C=O) groups is 1. The Balaban J connectivity index is 1.95. The topological polar surface area (TPSA) is 43.8 Å². The maximum Gasteiger partial charge on any atom is 0.407 e. The second-order valence-electron chi connectivity index (χ2n) is 5.76. The molecule has 1 aliphatic heterocycles. The first-order valence-electron chi connectivity index (χ1n) is 7.78. The largest absolute Gasteiger partial charge is 0.465 e. The molecule has 1 atom stereocenters. The van der Waals surface area contributed by atoms with Crippen molar-refractivity contribution >= 4 is 29.3 Å². The van der Waals surface area contributed by atoms with Gasteiger partial charge < -0.3 is 10.0 Å². The first-order valence-corrected chi connectivity index (χ1v) is 8.54. The lowest BCUT2D eigenvalue weighted by atomic mass is 9.96. The van der Waals surface area contributed by atoms with Crippen LogP contribution in [0.15, 0.2) is 48.5 Å². The average molecular weight is 365 g/mol. The molecule has 6 heteroatoms. The molecule has 24 heavy (non-hydrogen) atoms. The lowest BCUT2D eigenvalue weighted by Gasteiger charge is -2.39. The Hall–Kier alpha value is -1.75. The van der Waals surface area contributed by atoms with Gasteiger partial charge >= 0.3 is 6.09 Å². The van der Waals surface area contributed by atoms with Gasteiger partial charge in [-0.2, -0.15) is 0 Å². The molecule has 1 fully saturated rings. The summed E-state index contributed by atoms with van der Waals surface area (Å²) in [6, 6.07) is 15.7. The Kier molecular flexibility index (Phi) is 5.29. The van der Waals surface area contributed by atoms with Crippen LogP contribution in [0.2, 0.25) is 10.0 Å². The van der Waals surface area contributed by atoms with E-state index in [2.05, 4.69) is 17.0 Å². The monoisotopic (exact) mass is 364 g/mol. The third kappa shape index (κ3) is 3.51. The second kappa shape index (κ2) is 7.43. The molecule has 0 aliphatic carbocycles. The smallest absolute Gasteiger partial charge is 0.407 e. The molecule has 1 unspecified atom stereocenters. The van der Waals surface area contributed by atoms with Crippen LogP contribution in [0.4, 0.5) is 4.79 Å². The molecule has 0 aromatic heterocycles. The molecular weight excluding hydrogens is 347 g/mol. The van der Waals surface area contributed by atoms with Gasteiger partial charge in [-0.25, -0.2) is 4.79 Å². The van der Waals surface area contributed by atoms with Crippen molar-refractivity contribution in [2.24, 2.45) is 0 Å². The standard InChI is InChI=1S/C18H18Cl2N2O2/c19-15-8-4-7-14(16(15)20)17(13-5-2-1-3-6-13)21-9-11-22(12-10-21)18(23)24/h1-8,17H,9-12H2,(H,23,24). The first kappa shape index (κ1) is 17.1. The van der Waals surface area contributed by atoms with E-state index in [-0.39, 0.29) is 6.04 Å². The summed E-state index contributed by atoms with van der Waals surface area (Å²) >= 11 is 12.7. The molecule has 0 spiro atoms. The van der Waals surface area contributed by atoms with Crippen molar-refractivity contribution in [1.82, 2.24) is 9.80 Å². The molecular formula is C18H18Cl2N2O2. The van der Waals surface area contributed by atoms with E-state index < -0.39 is 6.09 Å². The molecule has 3 rings (SSSR count). The minimum Gasteiger partial charge on any atom is -0.465 e. The van der Waals surface area contributed by atoms with Crippen molar-refractivity contribution in [1.29, 1.82) is 0 Å². The van der Waals surface area contributed by atoms with Gasteiger partial charge in [0.05, 0.1) is 16.1 Å². The van der Waals surface area contributed by atoms with Gasteiger partial charge in [0.2, 0.25) is 0 Å². The summed E-state index contributed by atoms with van der Waals surface area (Å²) < 4.78 is 0. The van der Waals surface area contributed by atoms with E-state index in [0.29, 0.717) is 36.2 Å². The normalized spacial score (nSPS) is 16.8. The lowest BCUT2D eigenvalue weighted by molar-refractivity contribution is 0.0932. The van der Waals surface area contributed by atoms with Gasteiger partial charge in [-0.05, 0) is 17.2 Å². The molecule has 1 aliphatic rings.